The lowest BCUT2D eigenvalue weighted by atomic mass is 10.1. The summed E-state index contributed by atoms with van der Waals surface area (Å²) >= 11 is 12.1. The zero-order valence-electron chi connectivity index (χ0n) is 12.3. The SMILES string of the molecule is Cc1cc(Br)cc(Br)c1OCC(=O)NC(=S)N1CCCCC1. The number of hydrogen-bond acceptors (Lipinski definition) is 3. The summed E-state index contributed by atoms with van der Waals surface area (Å²) in [5, 5.41) is 3.24. The molecule has 120 valence electrons. The highest BCUT2D eigenvalue weighted by Crippen LogP contribution is 2.32. The van der Waals surface area contributed by atoms with Crippen LogP contribution in [-0.2, 0) is 4.79 Å². The van der Waals surface area contributed by atoms with Crippen LogP contribution in [0.15, 0.2) is 21.1 Å². The molecule has 1 fully saturated rings. The Morgan fingerprint density at radius 3 is 2.64 bits per heavy atom. The van der Waals surface area contributed by atoms with Crippen LogP contribution in [0, 0.1) is 6.92 Å². The number of piperidine rings is 1. The van der Waals surface area contributed by atoms with Crippen LogP contribution in [0.2, 0.25) is 0 Å². The lowest BCUT2D eigenvalue weighted by Crippen LogP contribution is -2.46. The predicted molar refractivity (Wildman–Crippen MR) is 98.2 cm³/mol. The number of nitrogens with one attached hydrogen (secondary N) is 1. The third kappa shape index (κ3) is 4.93. The quantitative estimate of drug-likeness (QED) is 0.713. The molecule has 0 aliphatic carbocycles. The molecular formula is C15H18Br2N2O2S. The molecule has 1 N–H and O–H groups in total. The van der Waals surface area contributed by atoms with Crippen LogP contribution in [-0.4, -0.2) is 35.6 Å². The fourth-order valence-electron chi connectivity index (χ4n) is 2.34. The van der Waals surface area contributed by atoms with Crippen molar-refractivity contribution in [1.29, 1.82) is 0 Å². The Bertz CT molecular complexity index is 552. The van der Waals surface area contributed by atoms with Crippen molar-refractivity contribution in [2.75, 3.05) is 19.7 Å². The maximum absolute atomic E-state index is 12.0. The molecule has 1 saturated heterocycles. The van der Waals surface area contributed by atoms with Gasteiger partial charge in [-0.25, -0.2) is 0 Å². The van der Waals surface area contributed by atoms with E-state index in [2.05, 4.69) is 37.2 Å². The van der Waals surface area contributed by atoms with Crippen LogP contribution < -0.4 is 10.1 Å². The zero-order chi connectivity index (χ0) is 16.1. The van der Waals surface area contributed by atoms with Gasteiger partial charge in [0.2, 0.25) is 0 Å². The van der Waals surface area contributed by atoms with Crippen LogP contribution in [0.25, 0.3) is 0 Å². The van der Waals surface area contributed by atoms with E-state index < -0.39 is 0 Å². The molecule has 0 bridgehead atoms. The van der Waals surface area contributed by atoms with Gasteiger partial charge in [-0.2, -0.15) is 0 Å². The zero-order valence-corrected chi connectivity index (χ0v) is 16.3. The van der Waals surface area contributed by atoms with Gasteiger partial charge in [0.25, 0.3) is 5.91 Å². The minimum Gasteiger partial charge on any atom is -0.482 e. The van der Waals surface area contributed by atoms with Crippen molar-refractivity contribution in [3.63, 3.8) is 0 Å². The lowest BCUT2D eigenvalue weighted by Gasteiger charge is -2.28. The summed E-state index contributed by atoms with van der Waals surface area (Å²) < 4.78 is 7.38. The second-order valence-electron chi connectivity index (χ2n) is 5.22. The fourth-order valence-corrected chi connectivity index (χ4v) is 4.19. The summed E-state index contributed by atoms with van der Waals surface area (Å²) in [6, 6.07) is 3.83. The Hall–Kier alpha value is -0.660. The number of halogens is 2. The standard InChI is InChI=1S/C15H18Br2N2O2S/c1-10-7-11(16)8-12(17)14(10)21-9-13(20)18-15(22)19-5-3-2-4-6-19/h7-8H,2-6,9H2,1H3,(H,18,20,22). The van der Waals surface area contributed by atoms with Crippen molar-refractivity contribution in [3.05, 3.63) is 26.6 Å². The van der Waals surface area contributed by atoms with Crippen molar-refractivity contribution in [2.45, 2.75) is 26.2 Å². The Balaban J connectivity index is 1.86. The summed E-state index contributed by atoms with van der Waals surface area (Å²) in [4.78, 5) is 14.0. The topological polar surface area (TPSA) is 41.6 Å². The van der Waals surface area contributed by atoms with E-state index in [0.717, 1.165) is 40.4 Å². The Morgan fingerprint density at radius 1 is 1.32 bits per heavy atom. The van der Waals surface area contributed by atoms with E-state index in [1.165, 1.54) is 6.42 Å². The van der Waals surface area contributed by atoms with Gasteiger partial charge in [-0.15, -0.1) is 0 Å². The molecule has 0 spiro atoms. The normalized spacial score (nSPS) is 14.6. The molecule has 1 aromatic rings. The molecule has 0 radical (unpaired) electrons. The van der Waals surface area contributed by atoms with E-state index in [1.54, 1.807) is 0 Å². The number of amides is 1. The van der Waals surface area contributed by atoms with Gasteiger partial charge in [-0.1, -0.05) is 15.9 Å². The molecule has 4 nitrogen and oxygen atoms in total. The number of benzene rings is 1. The first kappa shape index (κ1) is 17.7. The van der Waals surface area contributed by atoms with Crippen molar-refractivity contribution < 1.29 is 9.53 Å². The van der Waals surface area contributed by atoms with Gasteiger partial charge in [0.05, 0.1) is 4.47 Å². The van der Waals surface area contributed by atoms with Crippen molar-refractivity contribution in [3.8, 4) is 5.75 Å². The molecule has 0 atom stereocenters. The third-order valence-electron chi connectivity index (χ3n) is 3.43. The maximum atomic E-state index is 12.0. The first-order valence-corrected chi connectivity index (χ1v) is 9.14. The average Bonchev–Trinajstić information content (AvgIpc) is 2.47. The van der Waals surface area contributed by atoms with Crippen LogP contribution in [0.3, 0.4) is 0 Å². The third-order valence-corrected chi connectivity index (χ3v) is 4.84. The number of carbonyl (C=O) groups is 1. The molecule has 1 heterocycles. The number of rotatable bonds is 3. The van der Waals surface area contributed by atoms with Gasteiger partial charge in [-0.3, -0.25) is 4.79 Å². The highest BCUT2D eigenvalue weighted by Gasteiger charge is 2.16. The molecule has 22 heavy (non-hydrogen) atoms. The molecule has 1 amide bonds. The Kier molecular flexibility index (Phi) is 6.65. The highest BCUT2D eigenvalue weighted by atomic mass is 79.9. The van der Waals surface area contributed by atoms with E-state index in [-0.39, 0.29) is 12.5 Å². The number of aryl methyl sites for hydroxylation is 1. The Labute approximate surface area is 152 Å². The molecule has 0 unspecified atom stereocenters. The van der Waals surface area contributed by atoms with Gasteiger partial charge in [-0.05, 0) is 72.0 Å². The molecule has 0 saturated carbocycles. The minimum absolute atomic E-state index is 0.0605. The summed E-state index contributed by atoms with van der Waals surface area (Å²) in [7, 11) is 0. The number of carbonyl (C=O) groups excluding carboxylic acids is 1. The minimum atomic E-state index is -0.232. The van der Waals surface area contributed by atoms with Crippen molar-refractivity contribution in [2.24, 2.45) is 0 Å². The van der Waals surface area contributed by atoms with Crippen LogP contribution in [0.4, 0.5) is 0 Å². The molecule has 1 aliphatic rings. The first-order valence-electron chi connectivity index (χ1n) is 7.14. The van der Waals surface area contributed by atoms with Crippen LogP contribution in [0.1, 0.15) is 24.8 Å². The van der Waals surface area contributed by atoms with Crippen molar-refractivity contribution >= 4 is 55.1 Å². The summed E-state index contributed by atoms with van der Waals surface area (Å²) in [5.74, 6) is 0.437. The van der Waals surface area contributed by atoms with E-state index in [9.17, 15) is 4.79 Å². The van der Waals surface area contributed by atoms with Gasteiger partial charge >= 0.3 is 0 Å². The summed E-state index contributed by atoms with van der Waals surface area (Å²) in [6.45, 7) is 3.70. The number of thiocarbonyl (C=S) groups is 1. The smallest absolute Gasteiger partial charge is 0.264 e. The molecule has 0 aromatic heterocycles. The number of ether oxygens (including phenoxy) is 1. The van der Waals surface area contributed by atoms with E-state index in [4.69, 9.17) is 17.0 Å². The molecule has 1 aromatic carbocycles. The molecule has 7 heteroatoms. The monoisotopic (exact) mass is 448 g/mol. The van der Waals surface area contributed by atoms with E-state index in [0.29, 0.717) is 10.9 Å². The number of likely N-dealkylation sites (tertiary alicyclic amines) is 1. The van der Waals surface area contributed by atoms with E-state index in [1.807, 2.05) is 24.0 Å². The second kappa shape index (κ2) is 8.26. The average molecular weight is 450 g/mol. The van der Waals surface area contributed by atoms with Gasteiger partial charge in [0.15, 0.2) is 11.7 Å². The van der Waals surface area contributed by atoms with E-state index >= 15 is 0 Å². The lowest BCUT2D eigenvalue weighted by molar-refractivity contribution is -0.121. The number of nitrogens with zero attached hydrogens (tertiary/aromatic N) is 1. The van der Waals surface area contributed by atoms with Gasteiger partial charge in [0.1, 0.15) is 5.75 Å². The summed E-state index contributed by atoms with van der Waals surface area (Å²) in [6.07, 6.45) is 3.47. The van der Waals surface area contributed by atoms with Crippen LogP contribution in [0.5, 0.6) is 5.75 Å². The summed E-state index contributed by atoms with van der Waals surface area (Å²) in [5.41, 5.74) is 0.952. The predicted octanol–water partition coefficient (Wildman–Crippen LogP) is 3.79. The van der Waals surface area contributed by atoms with Crippen molar-refractivity contribution in [1.82, 2.24) is 10.2 Å². The van der Waals surface area contributed by atoms with Gasteiger partial charge in [0, 0.05) is 17.6 Å². The number of hydrogen-bond donors (Lipinski definition) is 1. The second-order valence-corrected chi connectivity index (χ2v) is 7.38. The highest BCUT2D eigenvalue weighted by molar-refractivity contribution is 9.11. The molecule has 2 rings (SSSR count). The molecular weight excluding hydrogens is 432 g/mol. The molecule has 1 aliphatic heterocycles. The maximum Gasteiger partial charge on any atom is 0.264 e. The largest absolute Gasteiger partial charge is 0.482 e. The fraction of sp³-hybridized carbons (Fsp3) is 0.467. The first-order chi connectivity index (χ1) is 10.5. The Morgan fingerprint density at radius 2 is 2.00 bits per heavy atom. The van der Waals surface area contributed by atoms with Gasteiger partial charge < -0.3 is 15.0 Å². The van der Waals surface area contributed by atoms with Crippen LogP contribution >= 0.6 is 44.1 Å².